The lowest BCUT2D eigenvalue weighted by molar-refractivity contribution is 0.0951. The highest BCUT2D eigenvalue weighted by molar-refractivity contribution is 6.30. The van der Waals surface area contributed by atoms with Crippen LogP contribution in [0.5, 0.6) is 0 Å². The van der Waals surface area contributed by atoms with Gasteiger partial charge in [0.25, 0.3) is 5.91 Å². The van der Waals surface area contributed by atoms with E-state index in [2.05, 4.69) is 34.5 Å². The molecule has 2 heterocycles. The number of carbonyl (C=O) groups excluding carboxylic acids is 1. The molecular formula is C19H19ClN2O. The van der Waals surface area contributed by atoms with Crippen molar-refractivity contribution >= 4 is 17.5 Å². The van der Waals surface area contributed by atoms with Gasteiger partial charge in [0, 0.05) is 42.7 Å². The maximum atomic E-state index is 12.3. The van der Waals surface area contributed by atoms with E-state index in [1.807, 2.05) is 18.2 Å². The van der Waals surface area contributed by atoms with Gasteiger partial charge >= 0.3 is 0 Å². The van der Waals surface area contributed by atoms with E-state index in [4.69, 9.17) is 11.6 Å². The van der Waals surface area contributed by atoms with Gasteiger partial charge in [-0.25, -0.2) is 0 Å². The number of halogens is 1. The van der Waals surface area contributed by atoms with Crippen LogP contribution in [0.2, 0.25) is 5.02 Å². The summed E-state index contributed by atoms with van der Waals surface area (Å²) in [6.45, 7) is 3.67. The molecule has 0 saturated carbocycles. The highest BCUT2D eigenvalue weighted by Crippen LogP contribution is 2.37. The number of fused-ring (bicyclic) bond motifs is 3. The lowest BCUT2D eigenvalue weighted by atomic mass is 9.87. The third-order valence-corrected chi connectivity index (χ3v) is 5.18. The average molecular weight is 327 g/mol. The van der Waals surface area contributed by atoms with Crippen LogP contribution in [0.1, 0.15) is 27.4 Å². The largest absolute Gasteiger partial charge is 0.352 e. The molecule has 118 valence electrons. The molecule has 1 amide bonds. The van der Waals surface area contributed by atoms with Crippen LogP contribution in [0.25, 0.3) is 0 Å². The number of rotatable bonds is 2. The van der Waals surface area contributed by atoms with E-state index >= 15 is 0 Å². The summed E-state index contributed by atoms with van der Waals surface area (Å²) in [7, 11) is 0. The Morgan fingerprint density at radius 1 is 1.13 bits per heavy atom. The van der Waals surface area contributed by atoms with Crippen molar-refractivity contribution in [3.8, 4) is 0 Å². The van der Waals surface area contributed by atoms with Gasteiger partial charge in [-0.2, -0.15) is 0 Å². The van der Waals surface area contributed by atoms with E-state index in [0.29, 0.717) is 16.9 Å². The summed E-state index contributed by atoms with van der Waals surface area (Å²) in [5, 5.41) is 3.77. The molecule has 3 nitrogen and oxygen atoms in total. The van der Waals surface area contributed by atoms with Gasteiger partial charge in [-0.05, 0) is 35.2 Å². The zero-order valence-electron chi connectivity index (χ0n) is 12.8. The minimum absolute atomic E-state index is 0.0284. The van der Waals surface area contributed by atoms with Crippen LogP contribution >= 0.6 is 11.6 Å². The second-order valence-corrected chi connectivity index (χ2v) is 6.92. The van der Waals surface area contributed by atoms with Crippen molar-refractivity contribution < 1.29 is 4.79 Å². The summed E-state index contributed by atoms with van der Waals surface area (Å²) >= 11 is 6.19. The van der Waals surface area contributed by atoms with E-state index in [-0.39, 0.29) is 5.91 Å². The normalized spacial score (nSPS) is 23.8. The highest BCUT2D eigenvalue weighted by atomic mass is 35.5. The Morgan fingerprint density at radius 3 is 2.78 bits per heavy atom. The van der Waals surface area contributed by atoms with Gasteiger partial charge in [0.1, 0.15) is 0 Å². The molecule has 2 aliphatic rings. The third-order valence-electron chi connectivity index (χ3n) is 4.95. The fourth-order valence-corrected chi connectivity index (χ4v) is 4.04. The lowest BCUT2D eigenvalue weighted by Gasteiger charge is -2.17. The van der Waals surface area contributed by atoms with E-state index in [9.17, 15) is 4.79 Å². The Labute approximate surface area is 141 Å². The summed E-state index contributed by atoms with van der Waals surface area (Å²) in [5.74, 6) is 0.842. The molecule has 1 fully saturated rings. The van der Waals surface area contributed by atoms with Crippen molar-refractivity contribution in [2.24, 2.45) is 5.92 Å². The Bertz CT molecular complexity index is 731. The van der Waals surface area contributed by atoms with Gasteiger partial charge in [0.2, 0.25) is 0 Å². The summed E-state index contributed by atoms with van der Waals surface area (Å²) in [5.41, 5.74) is 3.22. The van der Waals surface area contributed by atoms with E-state index < -0.39 is 0 Å². The monoisotopic (exact) mass is 326 g/mol. The SMILES string of the molecule is O=C1NCC2CN(Cc3ccccc3)CC2c2cc(Cl)ccc21. The van der Waals surface area contributed by atoms with E-state index in [1.54, 1.807) is 6.07 Å². The molecule has 0 spiro atoms. The molecule has 4 heteroatoms. The number of hydrogen-bond acceptors (Lipinski definition) is 2. The standard InChI is InChI=1S/C19H19ClN2O/c20-15-6-7-16-17(8-15)18-12-22(10-13-4-2-1-3-5-13)11-14(18)9-21-19(16)23/h1-8,14,18H,9-12H2,(H,21,23). The molecule has 4 rings (SSSR count). The van der Waals surface area contributed by atoms with Gasteiger partial charge in [-0.3, -0.25) is 9.69 Å². The van der Waals surface area contributed by atoms with Gasteiger partial charge < -0.3 is 5.32 Å². The summed E-state index contributed by atoms with van der Waals surface area (Å²) < 4.78 is 0. The van der Waals surface area contributed by atoms with Crippen molar-refractivity contribution in [3.63, 3.8) is 0 Å². The van der Waals surface area contributed by atoms with Crippen LogP contribution in [0, 0.1) is 5.92 Å². The molecule has 2 unspecified atom stereocenters. The van der Waals surface area contributed by atoms with Crippen molar-refractivity contribution in [1.82, 2.24) is 10.2 Å². The Balaban J connectivity index is 1.61. The van der Waals surface area contributed by atoms with Crippen LogP contribution in [-0.4, -0.2) is 30.4 Å². The summed E-state index contributed by atoms with van der Waals surface area (Å²) in [4.78, 5) is 14.7. The fraction of sp³-hybridized carbons (Fsp3) is 0.316. The van der Waals surface area contributed by atoms with Gasteiger partial charge in [0.05, 0.1) is 0 Å². The quantitative estimate of drug-likeness (QED) is 0.918. The Kier molecular flexibility index (Phi) is 3.83. The number of likely N-dealkylation sites (tertiary alicyclic amines) is 1. The van der Waals surface area contributed by atoms with Gasteiger partial charge in [-0.15, -0.1) is 0 Å². The number of hydrogen-bond donors (Lipinski definition) is 1. The van der Waals surface area contributed by atoms with Crippen LogP contribution in [-0.2, 0) is 6.54 Å². The van der Waals surface area contributed by atoms with Crippen LogP contribution < -0.4 is 5.32 Å². The molecular weight excluding hydrogens is 308 g/mol. The van der Waals surface area contributed by atoms with Crippen molar-refractivity contribution in [2.45, 2.75) is 12.5 Å². The molecule has 2 atom stereocenters. The zero-order valence-corrected chi connectivity index (χ0v) is 13.6. The van der Waals surface area contributed by atoms with Crippen LogP contribution in [0.3, 0.4) is 0 Å². The first-order chi connectivity index (χ1) is 11.2. The minimum atomic E-state index is 0.0284. The number of carbonyl (C=O) groups is 1. The lowest BCUT2D eigenvalue weighted by Crippen LogP contribution is -2.29. The molecule has 2 aliphatic heterocycles. The minimum Gasteiger partial charge on any atom is -0.352 e. The highest BCUT2D eigenvalue weighted by Gasteiger charge is 2.38. The fourth-order valence-electron chi connectivity index (χ4n) is 3.86. The maximum Gasteiger partial charge on any atom is 0.251 e. The first-order valence-electron chi connectivity index (χ1n) is 8.04. The molecule has 1 saturated heterocycles. The molecule has 0 bridgehead atoms. The first-order valence-corrected chi connectivity index (χ1v) is 8.42. The molecule has 0 aliphatic carbocycles. The van der Waals surface area contributed by atoms with Gasteiger partial charge in [-0.1, -0.05) is 41.9 Å². The second-order valence-electron chi connectivity index (χ2n) is 6.49. The molecule has 2 aromatic carbocycles. The number of benzene rings is 2. The maximum absolute atomic E-state index is 12.3. The average Bonchev–Trinajstić information content (AvgIpc) is 2.91. The second kappa shape index (κ2) is 5.99. The summed E-state index contributed by atoms with van der Waals surface area (Å²) in [6, 6.07) is 16.2. The third kappa shape index (κ3) is 2.87. The van der Waals surface area contributed by atoms with Gasteiger partial charge in [0.15, 0.2) is 0 Å². The Hall–Kier alpha value is -1.84. The topological polar surface area (TPSA) is 32.3 Å². The predicted octanol–water partition coefficient (Wildman–Crippen LogP) is 3.30. The molecule has 2 aromatic rings. The molecule has 1 N–H and O–H groups in total. The van der Waals surface area contributed by atoms with Crippen molar-refractivity contribution in [2.75, 3.05) is 19.6 Å². The smallest absolute Gasteiger partial charge is 0.251 e. The first kappa shape index (κ1) is 14.7. The number of nitrogens with one attached hydrogen (secondary N) is 1. The number of amides is 1. The number of nitrogens with zero attached hydrogens (tertiary/aromatic N) is 1. The molecule has 23 heavy (non-hydrogen) atoms. The summed E-state index contributed by atoms with van der Waals surface area (Å²) in [6.07, 6.45) is 0. The molecule has 0 radical (unpaired) electrons. The van der Waals surface area contributed by atoms with Crippen LogP contribution in [0.15, 0.2) is 48.5 Å². The van der Waals surface area contributed by atoms with E-state index in [0.717, 1.165) is 37.3 Å². The Morgan fingerprint density at radius 2 is 1.96 bits per heavy atom. The van der Waals surface area contributed by atoms with E-state index in [1.165, 1.54) is 5.56 Å². The van der Waals surface area contributed by atoms with Crippen molar-refractivity contribution in [1.29, 1.82) is 0 Å². The van der Waals surface area contributed by atoms with Crippen LogP contribution in [0.4, 0.5) is 0 Å². The van der Waals surface area contributed by atoms with Crippen molar-refractivity contribution in [3.05, 3.63) is 70.2 Å². The zero-order chi connectivity index (χ0) is 15.8. The molecule has 0 aromatic heterocycles. The predicted molar refractivity (Wildman–Crippen MR) is 91.7 cm³/mol.